The first-order chi connectivity index (χ1) is 14.1. The van der Waals surface area contributed by atoms with Crippen LogP contribution in [-0.4, -0.2) is 41.0 Å². The molecule has 0 saturated carbocycles. The molecule has 1 atom stereocenters. The van der Waals surface area contributed by atoms with E-state index < -0.39 is 0 Å². The largest absolute Gasteiger partial charge is 0.481 e. The Morgan fingerprint density at radius 2 is 2.17 bits per heavy atom. The van der Waals surface area contributed by atoms with Gasteiger partial charge in [-0.3, -0.25) is 4.79 Å². The fourth-order valence-electron chi connectivity index (χ4n) is 3.61. The average molecular weight is 412 g/mol. The number of methoxy groups -OCH3 is 1. The minimum Gasteiger partial charge on any atom is -0.481 e. The van der Waals surface area contributed by atoms with E-state index in [0.29, 0.717) is 35.3 Å². The van der Waals surface area contributed by atoms with Crippen LogP contribution in [-0.2, 0) is 6.42 Å². The third kappa shape index (κ3) is 4.59. The Kier molecular flexibility index (Phi) is 5.81. The number of oxazole rings is 1. The van der Waals surface area contributed by atoms with E-state index in [1.165, 1.54) is 0 Å². The number of carbonyl (C=O) groups excluding carboxylic acids is 1. The Morgan fingerprint density at radius 1 is 1.28 bits per heavy atom. The first kappa shape index (κ1) is 19.5. The number of ether oxygens (including phenoxy) is 1. The number of pyridine rings is 1. The quantitative estimate of drug-likeness (QED) is 0.624. The molecule has 150 valence electrons. The molecule has 1 fully saturated rings. The van der Waals surface area contributed by atoms with Crippen LogP contribution in [0.15, 0.2) is 53.2 Å². The number of hydrogen-bond donors (Lipinski definition) is 0. The molecule has 7 heteroatoms. The Balaban J connectivity index is 1.43. The van der Waals surface area contributed by atoms with Crippen molar-refractivity contribution >= 4 is 17.5 Å². The maximum Gasteiger partial charge on any atom is 0.255 e. The number of benzene rings is 1. The van der Waals surface area contributed by atoms with Gasteiger partial charge in [0, 0.05) is 36.8 Å². The summed E-state index contributed by atoms with van der Waals surface area (Å²) >= 11 is 6.06. The average Bonchev–Trinajstić information content (AvgIpc) is 3.22. The Bertz CT molecular complexity index is 987. The minimum absolute atomic E-state index is 0.0319. The summed E-state index contributed by atoms with van der Waals surface area (Å²) in [6.07, 6.45) is 5.82. The van der Waals surface area contributed by atoms with Crippen LogP contribution < -0.4 is 4.74 Å². The van der Waals surface area contributed by atoms with Gasteiger partial charge in [0.2, 0.25) is 5.88 Å². The lowest BCUT2D eigenvalue weighted by atomic mass is 9.97. The van der Waals surface area contributed by atoms with Crippen molar-refractivity contribution in [1.82, 2.24) is 14.9 Å². The molecule has 1 saturated heterocycles. The molecule has 2 aromatic heterocycles. The van der Waals surface area contributed by atoms with Gasteiger partial charge in [-0.05, 0) is 36.6 Å². The lowest BCUT2D eigenvalue weighted by Crippen LogP contribution is -2.39. The molecule has 6 nitrogen and oxygen atoms in total. The van der Waals surface area contributed by atoms with E-state index in [2.05, 4.69) is 9.97 Å². The highest BCUT2D eigenvalue weighted by Crippen LogP contribution is 2.28. The van der Waals surface area contributed by atoms with E-state index in [-0.39, 0.29) is 11.8 Å². The SMILES string of the molecule is COc1ccc(C(=O)N2CCC[C@@H](c3ncc(Cc4cccc(Cl)c4)o3)C2)cn1. The molecule has 0 aliphatic carbocycles. The third-order valence-corrected chi connectivity index (χ3v) is 5.32. The van der Waals surface area contributed by atoms with Gasteiger partial charge in [0.15, 0.2) is 5.89 Å². The van der Waals surface area contributed by atoms with E-state index in [1.807, 2.05) is 29.2 Å². The number of carbonyl (C=O) groups is 1. The highest BCUT2D eigenvalue weighted by atomic mass is 35.5. The van der Waals surface area contributed by atoms with E-state index in [4.69, 9.17) is 20.8 Å². The van der Waals surface area contributed by atoms with E-state index >= 15 is 0 Å². The molecule has 0 radical (unpaired) electrons. The van der Waals surface area contributed by atoms with Crippen LogP contribution >= 0.6 is 11.6 Å². The van der Waals surface area contributed by atoms with Gasteiger partial charge in [-0.25, -0.2) is 9.97 Å². The smallest absolute Gasteiger partial charge is 0.255 e. The molecule has 29 heavy (non-hydrogen) atoms. The van der Waals surface area contributed by atoms with Crippen LogP contribution in [0.2, 0.25) is 5.02 Å². The van der Waals surface area contributed by atoms with Crippen molar-refractivity contribution in [2.24, 2.45) is 0 Å². The van der Waals surface area contributed by atoms with Gasteiger partial charge in [-0.15, -0.1) is 0 Å². The molecule has 0 unspecified atom stereocenters. The van der Waals surface area contributed by atoms with Gasteiger partial charge in [0.05, 0.1) is 24.8 Å². The number of rotatable bonds is 5. The van der Waals surface area contributed by atoms with E-state index in [1.54, 1.807) is 31.6 Å². The second-order valence-corrected chi connectivity index (χ2v) is 7.59. The number of likely N-dealkylation sites (tertiary alicyclic amines) is 1. The minimum atomic E-state index is -0.0319. The molecule has 0 spiro atoms. The number of piperidine rings is 1. The standard InChI is InChI=1S/C22H22ClN3O3/c1-28-20-8-7-16(12-24-20)22(27)26-9-3-5-17(14-26)21-25-13-19(29-21)11-15-4-2-6-18(23)10-15/h2,4,6-8,10,12-13,17H,3,5,9,11,14H2,1H3/t17-/m1/s1. The fraction of sp³-hybridized carbons (Fsp3) is 0.318. The van der Waals surface area contributed by atoms with Gasteiger partial charge in [-0.1, -0.05) is 23.7 Å². The summed E-state index contributed by atoms with van der Waals surface area (Å²) in [5.41, 5.74) is 1.63. The maximum absolute atomic E-state index is 12.8. The van der Waals surface area contributed by atoms with Crippen LogP contribution in [0.25, 0.3) is 0 Å². The number of hydrogen-bond acceptors (Lipinski definition) is 5. The molecular formula is C22H22ClN3O3. The monoisotopic (exact) mass is 411 g/mol. The van der Waals surface area contributed by atoms with Crippen molar-refractivity contribution in [1.29, 1.82) is 0 Å². The molecule has 4 rings (SSSR count). The van der Waals surface area contributed by atoms with Gasteiger partial charge >= 0.3 is 0 Å². The zero-order valence-corrected chi connectivity index (χ0v) is 16.9. The zero-order valence-electron chi connectivity index (χ0n) is 16.2. The number of amides is 1. The van der Waals surface area contributed by atoms with Gasteiger partial charge in [-0.2, -0.15) is 0 Å². The lowest BCUT2D eigenvalue weighted by molar-refractivity contribution is 0.0697. The normalized spacial score (nSPS) is 16.6. The Labute approximate surface area is 174 Å². The first-order valence-corrected chi connectivity index (χ1v) is 9.98. The zero-order chi connectivity index (χ0) is 20.2. The molecule has 1 aliphatic rings. The molecule has 1 amide bonds. The van der Waals surface area contributed by atoms with E-state index in [9.17, 15) is 4.79 Å². The molecule has 3 heterocycles. The van der Waals surface area contributed by atoms with Crippen LogP contribution in [0, 0.1) is 0 Å². The van der Waals surface area contributed by atoms with Crippen LogP contribution in [0.1, 0.15) is 46.3 Å². The fourth-order valence-corrected chi connectivity index (χ4v) is 3.83. The number of halogens is 1. The van der Waals surface area contributed by atoms with Crippen molar-refractivity contribution < 1.29 is 13.9 Å². The maximum atomic E-state index is 12.8. The third-order valence-electron chi connectivity index (χ3n) is 5.09. The molecule has 1 aliphatic heterocycles. The van der Waals surface area contributed by atoms with Gasteiger partial charge < -0.3 is 14.1 Å². The van der Waals surface area contributed by atoms with Gasteiger partial charge in [0.25, 0.3) is 5.91 Å². The van der Waals surface area contributed by atoms with E-state index in [0.717, 1.165) is 30.7 Å². The molecule has 0 N–H and O–H groups in total. The predicted octanol–water partition coefficient (Wildman–Crippen LogP) is 4.34. The predicted molar refractivity (Wildman–Crippen MR) is 109 cm³/mol. The summed E-state index contributed by atoms with van der Waals surface area (Å²) in [6.45, 7) is 1.30. The van der Waals surface area contributed by atoms with Crippen LogP contribution in [0.5, 0.6) is 5.88 Å². The molecule has 0 bridgehead atoms. The molecular weight excluding hydrogens is 390 g/mol. The highest BCUT2D eigenvalue weighted by molar-refractivity contribution is 6.30. The first-order valence-electron chi connectivity index (χ1n) is 9.61. The second-order valence-electron chi connectivity index (χ2n) is 7.15. The van der Waals surface area contributed by atoms with Crippen molar-refractivity contribution in [3.63, 3.8) is 0 Å². The van der Waals surface area contributed by atoms with Crippen LogP contribution in [0.4, 0.5) is 0 Å². The van der Waals surface area contributed by atoms with Crippen molar-refractivity contribution in [2.45, 2.75) is 25.2 Å². The summed E-state index contributed by atoms with van der Waals surface area (Å²) in [5, 5.41) is 0.705. The number of nitrogens with zero attached hydrogens (tertiary/aromatic N) is 3. The summed E-state index contributed by atoms with van der Waals surface area (Å²) < 4.78 is 11.1. The van der Waals surface area contributed by atoms with Crippen LogP contribution in [0.3, 0.4) is 0 Å². The van der Waals surface area contributed by atoms with Crippen molar-refractivity contribution in [3.05, 3.63) is 76.6 Å². The highest BCUT2D eigenvalue weighted by Gasteiger charge is 2.28. The Hall–Kier alpha value is -2.86. The summed E-state index contributed by atoms with van der Waals surface area (Å²) in [6, 6.07) is 11.2. The summed E-state index contributed by atoms with van der Waals surface area (Å²) in [5.74, 6) is 2.03. The Morgan fingerprint density at radius 3 is 2.93 bits per heavy atom. The summed E-state index contributed by atoms with van der Waals surface area (Å²) in [4.78, 5) is 23.3. The second kappa shape index (κ2) is 8.66. The molecule has 3 aromatic rings. The summed E-state index contributed by atoms with van der Waals surface area (Å²) in [7, 11) is 1.55. The molecule has 1 aromatic carbocycles. The lowest BCUT2D eigenvalue weighted by Gasteiger charge is -2.31. The van der Waals surface area contributed by atoms with Crippen molar-refractivity contribution in [2.75, 3.05) is 20.2 Å². The van der Waals surface area contributed by atoms with Gasteiger partial charge in [0.1, 0.15) is 5.76 Å². The topological polar surface area (TPSA) is 68.5 Å². The van der Waals surface area contributed by atoms with Crippen molar-refractivity contribution in [3.8, 4) is 5.88 Å². The number of aromatic nitrogens is 2.